The van der Waals surface area contributed by atoms with Gasteiger partial charge in [-0.1, -0.05) is 23.8 Å². The molecule has 2 atom stereocenters. The van der Waals surface area contributed by atoms with Gasteiger partial charge in [-0.25, -0.2) is 0 Å². The number of fused-ring (bicyclic) bond motifs is 1. The third-order valence-corrected chi connectivity index (χ3v) is 4.54. The van der Waals surface area contributed by atoms with Crippen LogP contribution in [0.4, 0.5) is 0 Å². The van der Waals surface area contributed by atoms with E-state index in [0.29, 0.717) is 23.3 Å². The van der Waals surface area contributed by atoms with E-state index in [4.69, 9.17) is 9.47 Å². The highest BCUT2D eigenvalue weighted by Crippen LogP contribution is 2.45. The first kappa shape index (κ1) is 18.8. The van der Waals surface area contributed by atoms with Crippen molar-refractivity contribution >= 4 is 5.78 Å². The van der Waals surface area contributed by atoms with Gasteiger partial charge >= 0.3 is 0 Å². The number of carbonyl (C=O) groups is 1. The molecule has 6 heteroatoms. The van der Waals surface area contributed by atoms with Crippen molar-refractivity contribution in [1.29, 1.82) is 0 Å². The number of aliphatic hydroxyl groups excluding tert-OH is 1. The van der Waals surface area contributed by atoms with Crippen LogP contribution in [-0.2, 0) is 6.42 Å². The van der Waals surface area contributed by atoms with Crippen LogP contribution < -0.4 is 9.47 Å². The van der Waals surface area contributed by atoms with E-state index in [0.717, 1.165) is 5.57 Å². The summed E-state index contributed by atoms with van der Waals surface area (Å²) in [6, 6.07) is 7.60. The van der Waals surface area contributed by atoms with Crippen molar-refractivity contribution in [3.8, 4) is 23.0 Å². The summed E-state index contributed by atoms with van der Waals surface area (Å²) >= 11 is 0. The molecule has 1 heterocycles. The molecule has 0 saturated heterocycles. The summed E-state index contributed by atoms with van der Waals surface area (Å²) in [6.45, 7) is 3.87. The van der Waals surface area contributed by atoms with Gasteiger partial charge in [0.2, 0.25) is 5.78 Å². The molecule has 0 radical (unpaired) electrons. The maximum Gasteiger partial charge on any atom is 0.202 e. The van der Waals surface area contributed by atoms with Gasteiger partial charge in [-0.15, -0.1) is 0 Å². The summed E-state index contributed by atoms with van der Waals surface area (Å²) in [4.78, 5) is 12.8. The number of methoxy groups -OCH3 is 1. The van der Waals surface area contributed by atoms with Gasteiger partial charge < -0.3 is 24.8 Å². The number of aromatic hydroxyl groups is 2. The summed E-state index contributed by atoms with van der Waals surface area (Å²) in [7, 11) is 1.48. The number of hydrogen-bond donors (Lipinski definition) is 3. The summed E-state index contributed by atoms with van der Waals surface area (Å²) in [6.07, 6.45) is -0.126. The molecule has 3 N–H and O–H groups in total. The van der Waals surface area contributed by atoms with Gasteiger partial charge in [0.25, 0.3) is 0 Å². The first-order valence-corrected chi connectivity index (χ1v) is 8.57. The molecule has 142 valence electrons. The highest BCUT2D eigenvalue weighted by atomic mass is 16.5. The van der Waals surface area contributed by atoms with E-state index in [2.05, 4.69) is 0 Å². The number of aliphatic hydroxyl groups is 1. The Morgan fingerprint density at radius 1 is 1.22 bits per heavy atom. The van der Waals surface area contributed by atoms with Crippen LogP contribution in [0.1, 0.15) is 41.4 Å². The first-order valence-electron chi connectivity index (χ1n) is 8.57. The number of allylic oxidation sites excluding steroid dienone is 2. The highest BCUT2D eigenvalue weighted by molar-refractivity contribution is 6.06. The summed E-state index contributed by atoms with van der Waals surface area (Å²) in [5.41, 5.74) is 2.01. The van der Waals surface area contributed by atoms with Gasteiger partial charge in [-0.05, 0) is 38.0 Å². The number of Topliss-reactive ketones (excluding diaryl/α,β-unsaturated/α-hetero) is 1. The zero-order chi connectivity index (χ0) is 19.7. The zero-order valence-corrected chi connectivity index (χ0v) is 15.4. The lowest BCUT2D eigenvalue weighted by atomic mass is 9.90. The third kappa shape index (κ3) is 3.48. The Morgan fingerprint density at radius 3 is 2.48 bits per heavy atom. The zero-order valence-electron chi connectivity index (χ0n) is 15.4. The van der Waals surface area contributed by atoms with Gasteiger partial charge in [0.05, 0.1) is 7.11 Å². The molecule has 6 nitrogen and oxygen atoms in total. The highest BCUT2D eigenvalue weighted by Gasteiger charge is 2.40. The Morgan fingerprint density at radius 2 is 1.89 bits per heavy atom. The molecule has 2 aromatic carbocycles. The molecule has 0 fully saturated rings. The van der Waals surface area contributed by atoms with Crippen molar-refractivity contribution in [3.05, 3.63) is 58.7 Å². The molecule has 2 aromatic rings. The number of phenolic OH excluding ortho intramolecular Hbond substituents is 2. The minimum Gasteiger partial charge on any atom is -0.508 e. The van der Waals surface area contributed by atoms with E-state index in [-0.39, 0.29) is 22.8 Å². The van der Waals surface area contributed by atoms with Crippen molar-refractivity contribution in [2.75, 3.05) is 7.11 Å². The van der Waals surface area contributed by atoms with E-state index >= 15 is 0 Å². The van der Waals surface area contributed by atoms with E-state index in [1.54, 1.807) is 18.2 Å². The number of benzene rings is 2. The fourth-order valence-corrected chi connectivity index (χ4v) is 3.08. The molecule has 0 aromatic heterocycles. The monoisotopic (exact) mass is 370 g/mol. The fourth-order valence-electron chi connectivity index (χ4n) is 3.08. The lowest BCUT2D eigenvalue weighted by Crippen LogP contribution is -2.36. The van der Waals surface area contributed by atoms with Gasteiger partial charge in [-0.2, -0.15) is 0 Å². The minimum absolute atomic E-state index is 0.0458. The molecule has 0 aliphatic carbocycles. The molecule has 0 spiro atoms. The normalized spacial score (nSPS) is 18.4. The van der Waals surface area contributed by atoms with E-state index in [1.807, 2.05) is 19.9 Å². The molecular formula is C21H22O6. The number of ether oxygens (including phenoxy) is 2. The summed E-state index contributed by atoms with van der Waals surface area (Å²) in [5.74, 6) is -0.238. The second kappa shape index (κ2) is 7.32. The van der Waals surface area contributed by atoms with Crippen LogP contribution in [0.3, 0.4) is 0 Å². The molecule has 0 saturated carbocycles. The average Bonchev–Trinajstić information content (AvgIpc) is 2.63. The smallest absolute Gasteiger partial charge is 0.202 e. The Balaban J connectivity index is 2.08. The van der Waals surface area contributed by atoms with Gasteiger partial charge in [0.15, 0.2) is 12.2 Å². The Kier molecular flexibility index (Phi) is 5.10. The van der Waals surface area contributed by atoms with Crippen LogP contribution in [0.2, 0.25) is 0 Å². The first-order chi connectivity index (χ1) is 12.8. The predicted molar refractivity (Wildman–Crippen MR) is 99.6 cm³/mol. The SMILES string of the molecule is COc1cc2c(c(O)c1CC=C(C)C)C(=O)[C@H](O)[C@@H](c1ccc(O)cc1)O2. The van der Waals surface area contributed by atoms with E-state index < -0.39 is 18.0 Å². The number of ketones is 1. The van der Waals surface area contributed by atoms with Crippen molar-refractivity contribution in [2.24, 2.45) is 0 Å². The topological polar surface area (TPSA) is 96.2 Å². The Hall–Kier alpha value is -2.99. The predicted octanol–water partition coefficient (Wildman–Crippen LogP) is 3.29. The minimum atomic E-state index is -1.47. The van der Waals surface area contributed by atoms with Crippen LogP contribution in [0, 0.1) is 0 Å². The largest absolute Gasteiger partial charge is 0.508 e. The molecule has 27 heavy (non-hydrogen) atoms. The Bertz CT molecular complexity index is 894. The molecule has 1 aliphatic rings. The lowest BCUT2D eigenvalue weighted by molar-refractivity contribution is 0.0210. The van der Waals surface area contributed by atoms with Gasteiger partial charge in [0, 0.05) is 11.6 Å². The Labute approximate surface area is 157 Å². The number of hydrogen-bond acceptors (Lipinski definition) is 6. The number of carbonyl (C=O) groups excluding carboxylic acids is 1. The lowest BCUT2D eigenvalue weighted by Gasteiger charge is -2.31. The maximum atomic E-state index is 12.8. The van der Waals surface area contributed by atoms with Crippen LogP contribution in [0.15, 0.2) is 42.0 Å². The maximum absolute atomic E-state index is 12.8. The number of phenols is 2. The van der Waals surface area contributed by atoms with Crippen LogP contribution in [0.25, 0.3) is 0 Å². The molecule has 3 rings (SSSR count). The molecule has 0 unspecified atom stereocenters. The van der Waals surface area contributed by atoms with Crippen LogP contribution >= 0.6 is 0 Å². The van der Waals surface area contributed by atoms with Crippen LogP contribution in [0.5, 0.6) is 23.0 Å². The van der Waals surface area contributed by atoms with Gasteiger partial charge in [0.1, 0.15) is 28.6 Å². The van der Waals surface area contributed by atoms with Gasteiger partial charge in [-0.3, -0.25) is 4.79 Å². The van der Waals surface area contributed by atoms with Crippen molar-refractivity contribution in [2.45, 2.75) is 32.5 Å². The van der Waals surface area contributed by atoms with Crippen molar-refractivity contribution in [3.63, 3.8) is 0 Å². The number of rotatable bonds is 4. The van der Waals surface area contributed by atoms with Crippen molar-refractivity contribution < 1.29 is 29.6 Å². The molecule has 0 amide bonds. The second-order valence-corrected chi connectivity index (χ2v) is 6.70. The van der Waals surface area contributed by atoms with E-state index in [9.17, 15) is 20.1 Å². The molecule has 0 bridgehead atoms. The van der Waals surface area contributed by atoms with Crippen molar-refractivity contribution in [1.82, 2.24) is 0 Å². The van der Waals surface area contributed by atoms with Crippen LogP contribution in [-0.4, -0.2) is 34.3 Å². The molecular weight excluding hydrogens is 348 g/mol. The average molecular weight is 370 g/mol. The summed E-state index contributed by atoms with van der Waals surface area (Å²) in [5, 5.41) is 30.6. The molecule has 1 aliphatic heterocycles. The fraction of sp³-hybridized carbons (Fsp3) is 0.286. The second-order valence-electron chi connectivity index (χ2n) is 6.70. The quantitative estimate of drug-likeness (QED) is 0.715. The standard InChI is InChI=1S/C21H22O6/c1-11(2)4-9-14-15(26-3)10-16-17(18(14)23)19(24)20(25)21(27-16)12-5-7-13(22)8-6-12/h4-8,10,20-23,25H,9H2,1-3H3/t20-,21+/m0/s1. The van der Waals surface area contributed by atoms with E-state index in [1.165, 1.54) is 19.2 Å². The summed E-state index contributed by atoms with van der Waals surface area (Å²) < 4.78 is 11.2. The third-order valence-electron chi connectivity index (χ3n) is 4.54.